The molecule has 9 heavy (non-hydrogen) atoms. The Hall–Kier alpha value is -0.770. The number of hydrogen-bond acceptors (Lipinski definition) is 2. The molecule has 0 aromatic carbocycles. The fraction of sp³-hybridized carbons (Fsp3) is 0.400. The summed E-state index contributed by atoms with van der Waals surface area (Å²) in [6.45, 7) is 2.58. The maximum absolute atomic E-state index is 5.07. The average Bonchev–Trinajstić information content (AvgIpc) is 2.17. The largest absolute Gasteiger partial charge is 0.478 e. The molecule has 0 aliphatic rings. The van der Waals surface area contributed by atoms with Gasteiger partial charge in [-0.2, -0.15) is 0 Å². The van der Waals surface area contributed by atoms with Gasteiger partial charge in [-0.25, -0.2) is 0 Å². The summed E-state index contributed by atoms with van der Waals surface area (Å²) in [5.74, 6) is 0.697. The third-order valence-electron chi connectivity index (χ3n) is 0.871. The summed E-state index contributed by atoms with van der Waals surface area (Å²) in [4.78, 5) is 5.60. The van der Waals surface area contributed by atoms with Crippen LogP contribution in [0.25, 0.3) is 0 Å². The van der Waals surface area contributed by atoms with Crippen LogP contribution < -0.4 is 4.74 Å². The Kier molecular flexibility index (Phi) is 1.89. The molecule has 0 unspecified atom stereocenters. The van der Waals surface area contributed by atoms with E-state index in [1.807, 2.05) is 6.92 Å². The second kappa shape index (κ2) is 2.68. The highest BCUT2D eigenvalue weighted by Gasteiger charge is 1.88. The normalized spacial score (nSPS) is 9.44. The number of imidazole rings is 1. The molecule has 2 N–H and O–H groups in total. The molecule has 0 bridgehead atoms. The Balaban J connectivity index is 2.73. The lowest BCUT2D eigenvalue weighted by Crippen LogP contribution is -1.89. The van der Waals surface area contributed by atoms with Crippen LogP contribution in [0.5, 0.6) is 5.88 Å². The first kappa shape index (κ1) is 6.35. The van der Waals surface area contributed by atoms with Crippen molar-refractivity contribution >= 4 is 12.2 Å². The highest BCUT2D eigenvalue weighted by atomic mass is 32.1. The van der Waals surface area contributed by atoms with Gasteiger partial charge in [0.25, 0.3) is 0 Å². The van der Waals surface area contributed by atoms with Crippen molar-refractivity contribution in [2.75, 3.05) is 6.61 Å². The predicted octanol–water partition coefficient (Wildman–Crippen LogP) is 1.47. The van der Waals surface area contributed by atoms with Gasteiger partial charge in [0.1, 0.15) is 0 Å². The number of aromatic amines is 2. The minimum Gasteiger partial charge on any atom is -0.478 e. The minimum absolute atomic E-state index is 0.596. The van der Waals surface area contributed by atoms with Gasteiger partial charge in [-0.3, -0.25) is 0 Å². The lowest BCUT2D eigenvalue weighted by atomic mass is 10.8. The van der Waals surface area contributed by atoms with Crippen LogP contribution in [-0.2, 0) is 0 Å². The smallest absolute Gasteiger partial charge is 0.209 e. The summed E-state index contributed by atoms with van der Waals surface area (Å²) in [7, 11) is 0. The van der Waals surface area contributed by atoms with Crippen LogP contribution in [0.2, 0.25) is 0 Å². The number of nitrogens with one attached hydrogen (secondary N) is 2. The summed E-state index contributed by atoms with van der Waals surface area (Å²) in [6.07, 6.45) is 1.70. The summed E-state index contributed by atoms with van der Waals surface area (Å²) in [5, 5.41) is 0. The van der Waals surface area contributed by atoms with Gasteiger partial charge in [0, 0.05) is 0 Å². The summed E-state index contributed by atoms with van der Waals surface area (Å²) in [6, 6.07) is 0. The van der Waals surface area contributed by atoms with Crippen molar-refractivity contribution in [3.63, 3.8) is 0 Å². The molecule has 0 saturated carbocycles. The fourth-order valence-corrected chi connectivity index (χ4v) is 0.708. The molecule has 1 aromatic heterocycles. The standard InChI is InChI=1S/C5H8N2OS/c1-2-8-4-3-6-5(9)7-4/h3H,2H2,1H3,(H2,6,7,9). The van der Waals surface area contributed by atoms with E-state index >= 15 is 0 Å². The van der Waals surface area contributed by atoms with Crippen LogP contribution in [0.3, 0.4) is 0 Å². The second-order valence-electron chi connectivity index (χ2n) is 1.54. The molecule has 1 aromatic rings. The van der Waals surface area contributed by atoms with E-state index in [1.54, 1.807) is 6.20 Å². The quantitative estimate of drug-likeness (QED) is 0.617. The van der Waals surface area contributed by atoms with Gasteiger partial charge in [0.05, 0.1) is 12.8 Å². The molecular formula is C5H8N2OS. The maximum atomic E-state index is 5.07. The summed E-state index contributed by atoms with van der Waals surface area (Å²) in [5.41, 5.74) is 0. The average molecular weight is 144 g/mol. The van der Waals surface area contributed by atoms with Crippen molar-refractivity contribution in [2.45, 2.75) is 6.92 Å². The van der Waals surface area contributed by atoms with Crippen LogP contribution in [0.15, 0.2) is 6.20 Å². The van der Waals surface area contributed by atoms with Crippen molar-refractivity contribution in [3.8, 4) is 5.88 Å². The molecule has 0 aliphatic heterocycles. The monoisotopic (exact) mass is 144 g/mol. The van der Waals surface area contributed by atoms with E-state index in [1.165, 1.54) is 0 Å². The Morgan fingerprint density at radius 1 is 1.78 bits per heavy atom. The van der Waals surface area contributed by atoms with Crippen LogP contribution in [0.4, 0.5) is 0 Å². The molecule has 50 valence electrons. The van der Waals surface area contributed by atoms with E-state index in [9.17, 15) is 0 Å². The molecule has 0 aliphatic carbocycles. The molecule has 0 radical (unpaired) electrons. The molecule has 0 atom stereocenters. The SMILES string of the molecule is CCOc1c[nH]c(=S)[nH]1. The van der Waals surface area contributed by atoms with E-state index in [2.05, 4.69) is 9.97 Å². The molecule has 0 spiro atoms. The lowest BCUT2D eigenvalue weighted by Gasteiger charge is -1.93. The highest BCUT2D eigenvalue weighted by molar-refractivity contribution is 7.71. The Bertz CT molecular complexity index is 227. The molecule has 0 amide bonds. The van der Waals surface area contributed by atoms with Gasteiger partial charge in [-0.15, -0.1) is 0 Å². The first-order chi connectivity index (χ1) is 4.33. The van der Waals surface area contributed by atoms with E-state index in [4.69, 9.17) is 17.0 Å². The minimum atomic E-state index is 0.596. The molecule has 1 heterocycles. The number of H-pyrrole nitrogens is 2. The van der Waals surface area contributed by atoms with Crippen LogP contribution in [0.1, 0.15) is 6.92 Å². The van der Waals surface area contributed by atoms with Gasteiger partial charge in [0.15, 0.2) is 4.77 Å². The third-order valence-corrected chi connectivity index (χ3v) is 1.09. The Morgan fingerprint density at radius 3 is 3.00 bits per heavy atom. The van der Waals surface area contributed by atoms with Crippen LogP contribution in [0, 0.1) is 4.77 Å². The van der Waals surface area contributed by atoms with Crippen molar-refractivity contribution in [1.29, 1.82) is 0 Å². The summed E-state index contributed by atoms with van der Waals surface area (Å²) >= 11 is 4.76. The number of ether oxygens (including phenoxy) is 1. The summed E-state index contributed by atoms with van der Waals surface area (Å²) < 4.78 is 5.67. The van der Waals surface area contributed by atoms with Crippen molar-refractivity contribution in [2.24, 2.45) is 0 Å². The van der Waals surface area contributed by atoms with Crippen LogP contribution in [-0.4, -0.2) is 16.6 Å². The van der Waals surface area contributed by atoms with Gasteiger partial charge in [0.2, 0.25) is 5.88 Å². The fourth-order valence-electron chi connectivity index (χ4n) is 0.548. The molecular weight excluding hydrogens is 136 g/mol. The second-order valence-corrected chi connectivity index (χ2v) is 1.95. The number of hydrogen-bond donors (Lipinski definition) is 2. The molecule has 4 heteroatoms. The zero-order chi connectivity index (χ0) is 6.69. The number of rotatable bonds is 2. The Morgan fingerprint density at radius 2 is 2.56 bits per heavy atom. The van der Waals surface area contributed by atoms with E-state index < -0.39 is 0 Å². The first-order valence-electron chi connectivity index (χ1n) is 2.73. The zero-order valence-electron chi connectivity index (χ0n) is 5.10. The van der Waals surface area contributed by atoms with Gasteiger partial charge in [-0.05, 0) is 19.1 Å². The van der Waals surface area contributed by atoms with Gasteiger partial charge < -0.3 is 14.7 Å². The van der Waals surface area contributed by atoms with Gasteiger partial charge >= 0.3 is 0 Å². The van der Waals surface area contributed by atoms with E-state index in [0.717, 1.165) is 0 Å². The van der Waals surface area contributed by atoms with Gasteiger partial charge in [-0.1, -0.05) is 0 Å². The molecule has 0 saturated heterocycles. The highest BCUT2D eigenvalue weighted by Crippen LogP contribution is 2.01. The van der Waals surface area contributed by atoms with Crippen molar-refractivity contribution < 1.29 is 4.74 Å². The predicted molar refractivity (Wildman–Crippen MR) is 37.1 cm³/mol. The van der Waals surface area contributed by atoms with Crippen LogP contribution >= 0.6 is 12.2 Å². The topological polar surface area (TPSA) is 40.8 Å². The third kappa shape index (κ3) is 1.57. The first-order valence-corrected chi connectivity index (χ1v) is 3.14. The number of aromatic nitrogens is 2. The maximum Gasteiger partial charge on any atom is 0.209 e. The van der Waals surface area contributed by atoms with E-state index in [-0.39, 0.29) is 0 Å². The molecule has 1 rings (SSSR count). The Labute approximate surface area is 58.1 Å². The zero-order valence-corrected chi connectivity index (χ0v) is 5.92. The van der Waals surface area contributed by atoms with Crippen molar-refractivity contribution in [3.05, 3.63) is 11.0 Å². The van der Waals surface area contributed by atoms with Crippen molar-refractivity contribution in [1.82, 2.24) is 9.97 Å². The van der Waals surface area contributed by atoms with E-state index in [0.29, 0.717) is 17.3 Å². The molecule has 0 fully saturated rings. The lowest BCUT2D eigenvalue weighted by molar-refractivity contribution is 0.328. The molecule has 3 nitrogen and oxygen atoms in total.